The number of carbonyl (C=O) groups excluding carboxylic acids is 1. The minimum absolute atomic E-state index is 0. The van der Waals surface area contributed by atoms with E-state index < -0.39 is 12.7 Å². The van der Waals surface area contributed by atoms with Crippen molar-refractivity contribution in [3.63, 3.8) is 0 Å². The summed E-state index contributed by atoms with van der Waals surface area (Å²) in [7, 11) is 1.64. The molecule has 2 N–H and O–H groups in total. The van der Waals surface area contributed by atoms with Crippen LogP contribution in [0.15, 0.2) is 29.3 Å². The molecular weight excluding hydrogens is 498 g/mol. The molecule has 0 radical (unpaired) electrons. The van der Waals surface area contributed by atoms with Crippen LogP contribution in [-0.4, -0.2) is 62.2 Å². The van der Waals surface area contributed by atoms with Gasteiger partial charge in [0.2, 0.25) is 5.91 Å². The van der Waals surface area contributed by atoms with Crippen LogP contribution in [0.1, 0.15) is 24.8 Å². The second kappa shape index (κ2) is 10.5. The molecule has 1 amide bonds. The molecule has 1 unspecified atom stereocenters. The largest absolute Gasteiger partial charge is 0.401 e. The Morgan fingerprint density at radius 3 is 2.55 bits per heavy atom. The molecule has 1 atom stereocenters. The van der Waals surface area contributed by atoms with Crippen molar-refractivity contribution in [1.82, 2.24) is 15.5 Å². The van der Waals surface area contributed by atoms with Crippen LogP contribution in [0.5, 0.6) is 0 Å². The summed E-state index contributed by atoms with van der Waals surface area (Å²) in [4.78, 5) is 19.2. The van der Waals surface area contributed by atoms with Gasteiger partial charge in [-0.05, 0) is 30.5 Å². The molecule has 2 heterocycles. The number of carbonyl (C=O) groups is 1. The van der Waals surface area contributed by atoms with Crippen molar-refractivity contribution in [3.05, 3.63) is 29.8 Å². The van der Waals surface area contributed by atoms with Crippen molar-refractivity contribution in [3.8, 4) is 0 Å². The van der Waals surface area contributed by atoms with Gasteiger partial charge in [0.05, 0.1) is 6.54 Å². The number of anilines is 1. The first kappa shape index (κ1) is 23.7. The number of halogens is 4. The zero-order valence-electron chi connectivity index (χ0n) is 16.3. The van der Waals surface area contributed by atoms with Crippen molar-refractivity contribution in [1.29, 1.82) is 0 Å². The molecule has 3 rings (SSSR count). The van der Waals surface area contributed by atoms with Crippen LogP contribution in [0.3, 0.4) is 0 Å². The van der Waals surface area contributed by atoms with E-state index in [1.54, 1.807) is 11.9 Å². The van der Waals surface area contributed by atoms with Gasteiger partial charge in [-0.25, -0.2) is 0 Å². The molecule has 0 spiro atoms. The van der Waals surface area contributed by atoms with Gasteiger partial charge >= 0.3 is 6.18 Å². The summed E-state index contributed by atoms with van der Waals surface area (Å²) < 4.78 is 37.5. The average Bonchev–Trinajstić information content (AvgIpc) is 3.26. The zero-order chi connectivity index (χ0) is 20.1. The second-order valence-electron chi connectivity index (χ2n) is 7.22. The molecule has 6 nitrogen and oxygen atoms in total. The second-order valence-corrected chi connectivity index (χ2v) is 7.22. The highest BCUT2D eigenvalue weighted by molar-refractivity contribution is 14.0. The molecule has 2 aliphatic heterocycles. The summed E-state index contributed by atoms with van der Waals surface area (Å²) in [5.41, 5.74) is 1.94. The van der Waals surface area contributed by atoms with E-state index in [0.29, 0.717) is 38.4 Å². The Balaban J connectivity index is 0.00000300. The highest BCUT2D eigenvalue weighted by atomic mass is 127. The van der Waals surface area contributed by atoms with Crippen LogP contribution in [0.2, 0.25) is 0 Å². The van der Waals surface area contributed by atoms with Crippen LogP contribution >= 0.6 is 24.0 Å². The lowest BCUT2D eigenvalue weighted by Gasteiger charge is -2.20. The van der Waals surface area contributed by atoms with Crippen molar-refractivity contribution < 1.29 is 18.0 Å². The van der Waals surface area contributed by atoms with Gasteiger partial charge in [-0.15, -0.1) is 24.0 Å². The molecule has 0 aromatic heterocycles. The van der Waals surface area contributed by atoms with Crippen LogP contribution < -0.4 is 15.5 Å². The molecule has 0 aliphatic carbocycles. The zero-order valence-corrected chi connectivity index (χ0v) is 18.7. The monoisotopic (exact) mass is 525 g/mol. The Morgan fingerprint density at radius 2 is 1.97 bits per heavy atom. The quantitative estimate of drug-likeness (QED) is 0.353. The van der Waals surface area contributed by atoms with Gasteiger partial charge in [0.15, 0.2) is 5.96 Å². The topological polar surface area (TPSA) is 60.0 Å². The summed E-state index contributed by atoms with van der Waals surface area (Å²) in [6, 6.07) is 7.73. The third-order valence-electron chi connectivity index (χ3n) is 5.02. The van der Waals surface area contributed by atoms with E-state index in [9.17, 15) is 18.0 Å². The number of nitrogens with one attached hydrogen (secondary N) is 2. The van der Waals surface area contributed by atoms with Gasteiger partial charge in [-0.3, -0.25) is 14.7 Å². The van der Waals surface area contributed by atoms with E-state index in [0.717, 1.165) is 24.2 Å². The lowest BCUT2D eigenvalue weighted by molar-refractivity contribution is -0.143. The molecule has 2 saturated heterocycles. The van der Waals surface area contributed by atoms with Gasteiger partial charge in [-0.1, -0.05) is 12.1 Å². The van der Waals surface area contributed by atoms with Crippen molar-refractivity contribution in [2.24, 2.45) is 4.99 Å². The highest BCUT2D eigenvalue weighted by Crippen LogP contribution is 2.22. The smallest absolute Gasteiger partial charge is 0.352 e. The molecule has 1 aromatic rings. The Kier molecular flexibility index (Phi) is 8.56. The summed E-state index contributed by atoms with van der Waals surface area (Å²) in [5.74, 6) is 0.726. The number of guanidine groups is 1. The van der Waals surface area contributed by atoms with E-state index in [1.165, 1.54) is 4.90 Å². The predicted molar refractivity (Wildman–Crippen MR) is 118 cm³/mol. The van der Waals surface area contributed by atoms with E-state index in [1.807, 2.05) is 24.3 Å². The van der Waals surface area contributed by atoms with Crippen LogP contribution in [0.4, 0.5) is 18.9 Å². The fourth-order valence-electron chi connectivity index (χ4n) is 3.64. The number of hydrogen-bond acceptors (Lipinski definition) is 3. The SMILES string of the molecule is CN=C(NCc1ccc(N2CCCC2=O)cc1)NC1CCN(CC(F)(F)F)C1.I. The van der Waals surface area contributed by atoms with Crippen LogP contribution in [0, 0.1) is 0 Å². The lowest BCUT2D eigenvalue weighted by Crippen LogP contribution is -2.44. The van der Waals surface area contributed by atoms with E-state index in [2.05, 4.69) is 15.6 Å². The highest BCUT2D eigenvalue weighted by Gasteiger charge is 2.34. The number of benzene rings is 1. The molecule has 2 aliphatic rings. The normalized spacial score (nSPS) is 20.7. The number of hydrogen-bond donors (Lipinski definition) is 2. The molecule has 0 bridgehead atoms. The van der Waals surface area contributed by atoms with Crippen molar-refractivity contribution in [2.75, 3.05) is 38.1 Å². The molecular formula is C19H27F3IN5O. The maximum Gasteiger partial charge on any atom is 0.401 e. The molecule has 10 heteroatoms. The van der Waals surface area contributed by atoms with Gasteiger partial charge in [-0.2, -0.15) is 13.2 Å². The molecule has 162 valence electrons. The molecule has 2 fully saturated rings. The van der Waals surface area contributed by atoms with Crippen LogP contribution in [0.25, 0.3) is 0 Å². The fourth-order valence-corrected chi connectivity index (χ4v) is 3.64. The summed E-state index contributed by atoms with van der Waals surface area (Å²) >= 11 is 0. The average molecular weight is 525 g/mol. The number of rotatable bonds is 5. The Hall–Kier alpha value is -1.56. The number of alkyl halides is 3. The minimum atomic E-state index is -4.17. The molecule has 0 saturated carbocycles. The van der Waals surface area contributed by atoms with Gasteiger partial charge < -0.3 is 15.5 Å². The van der Waals surface area contributed by atoms with Crippen molar-refractivity contribution in [2.45, 2.75) is 38.0 Å². The minimum Gasteiger partial charge on any atom is -0.352 e. The first-order valence-corrected chi connectivity index (χ1v) is 9.49. The lowest BCUT2D eigenvalue weighted by atomic mass is 10.2. The molecule has 29 heavy (non-hydrogen) atoms. The Labute approximate surface area is 185 Å². The van der Waals surface area contributed by atoms with E-state index >= 15 is 0 Å². The van der Waals surface area contributed by atoms with Gasteiger partial charge in [0.25, 0.3) is 0 Å². The number of likely N-dealkylation sites (tertiary alicyclic amines) is 1. The maximum absolute atomic E-state index is 12.5. The maximum atomic E-state index is 12.5. The summed E-state index contributed by atoms with van der Waals surface area (Å²) in [5, 5.41) is 6.38. The number of nitrogens with zero attached hydrogens (tertiary/aromatic N) is 3. The van der Waals surface area contributed by atoms with Crippen LogP contribution in [-0.2, 0) is 11.3 Å². The van der Waals surface area contributed by atoms with E-state index in [-0.39, 0.29) is 35.9 Å². The Bertz CT molecular complexity index is 711. The number of amides is 1. The fraction of sp³-hybridized carbons (Fsp3) is 0.579. The first-order chi connectivity index (χ1) is 13.3. The summed E-state index contributed by atoms with van der Waals surface area (Å²) in [6.45, 7) is 1.19. The third-order valence-corrected chi connectivity index (χ3v) is 5.02. The van der Waals surface area contributed by atoms with Crippen molar-refractivity contribution >= 4 is 41.5 Å². The molecule has 1 aromatic carbocycles. The summed E-state index contributed by atoms with van der Waals surface area (Å²) in [6.07, 6.45) is -2.02. The number of aliphatic imine (C=N–C) groups is 1. The standard InChI is InChI=1S/C19H26F3N5O.HI/c1-23-18(25-15-8-10-26(12-15)13-19(20,21)22)24-11-14-4-6-16(7-5-14)27-9-2-3-17(27)28;/h4-7,15H,2-3,8-13H2,1H3,(H2,23,24,25);1H. The van der Waals surface area contributed by atoms with Gasteiger partial charge in [0, 0.05) is 51.4 Å². The van der Waals surface area contributed by atoms with Gasteiger partial charge in [0.1, 0.15) is 0 Å². The Morgan fingerprint density at radius 1 is 1.24 bits per heavy atom. The third kappa shape index (κ3) is 7.02. The van der Waals surface area contributed by atoms with E-state index in [4.69, 9.17) is 0 Å². The first-order valence-electron chi connectivity index (χ1n) is 9.49. The predicted octanol–water partition coefficient (Wildman–Crippen LogP) is 2.73.